The van der Waals surface area contributed by atoms with Gasteiger partial charge in [0.05, 0.1) is 1.37 Å². The van der Waals surface area contributed by atoms with Crippen molar-refractivity contribution in [1.82, 2.24) is 9.97 Å². The van der Waals surface area contributed by atoms with E-state index >= 15 is 0 Å². The van der Waals surface area contributed by atoms with Crippen molar-refractivity contribution in [2.75, 3.05) is 0 Å². The van der Waals surface area contributed by atoms with E-state index in [1.807, 2.05) is 0 Å². The van der Waals surface area contributed by atoms with Crippen molar-refractivity contribution < 1.29 is 6.17 Å². The van der Waals surface area contributed by atoms with Crippen LogP contribution in [0.5, 0.6) is 0 Å². The Bertz CT molecular complexity index is 196. The quantitative estimate of drug-likeness (QED) is 0.509. The van der Waals surface area contributed by atoms with Crippen LogP contribution in [0.4, 0.5) is 0 Å². The molecule has 0 bridgehead atoms. The lowest BCUT2D eigenvalue weighted by atomic mass is 10.7. The number of carbonyl (C=O) groups excluding carboxylic acids is 1. The largest absolute Gasteiger partial charge is 0.342 e. The smallest absolute Gasteiger partial charge is 0.185 e. The Morgan fingerprint density at radius 3 is 3.29 bits per heavy atom. The Morgan fingerprint density at radius 1 is 2.14 bits per heavy atom. The fraction of sp³-hybridized carbons (Fsp3) is 0. The molecule has 0 aliphatic heterocycles. The second kappa shape index (κ2) is 1.55. The molecule has 36 valence electrons. The molecule has 1 rings (SSSR count). The average molecular weight is 97.1 g/mol. The molecule has 7 heavy (non-hydrogen) atoms. The standard InChI is InChI=1S/C4H4N2O/c7-3-4-5-1-2-6-4/h1-3H,(H,5,6)/i1D. The molecule has 0 radical (unpaired) electrons. The molecule has 0 amide bonds. The minimum absolute atomic E-state index is 0.0899. The third kappa shape index (κ3) is 0.652. The molecular formula is C4H4N2O. The van der Waals surface area contributed by atoms with Crippen LogP contribution in [-0.4, -0.2) is 16.3 Å². The van der Waals surface area contributed by atoms with Gasteiger partial charge in [0.1, 0.15) is 0 Å². The molecule has 1 aromatic rings. The molecule has 1 N–H and O–H groups in total. The maximum Gasteiger partial charge on any atom is 0.185 e. The normalized spacial score (nSPS) is 10.6. The van der Waals surface area contributed by atoms with Crippen LogP contribution < -0.4 is 0 Å². The van der Waals surface area contributed by atoms with Crippen LogP contribution in [0.2, 0.25) is 0 Å². The lowest BCUT2D eigenvalue weighted by Gasteiger charge is -1.68. The lowest BCUT2D eigenvalue weighted by molar-refractivity contribution is 0.111. The van der Waals surface area contributed by atoms with Crippen molar-refractivity contribution in [3.63, 3.8) is 0 Å². The van der Waals surface area contributed by atoms with Crippen molar-refractivity contribution in [3.8, 4) is 0 Å². The number of aromatic nitrogens is 2. The third-order valence-corrected chi connectivity index (χ3v) is 0.581. The van der Waals surface area contributed by atoms with Gasteiger partial charge in [-0.3, -0.25) is 4.79 Å². The number of hydrogen-bond acceptors (Lipinski definition) is 2. The summed E-state index contributed by atoms with van der Waals surface area (Å²) in [5.74, 6) is 0.204. The van der Waals surface area contributed by atoms with E-state index in [1.54, 1.807) is 0 Å². The predicted molar refractivity (Wildman–Crippen MR) is 24.0 cm³/mol. The highest BCUT2D eigenvalue weighted by atomic mass is 16.1. The van der Waals surface area contributed by atoms with Gasteiger partial charge in [-0.05, 0) is 0 Å². The molecule has 0 saturated carbocycles. The number of imidazole rings is 1. The summed E-state index contributed by atoms with van der Waals surface area (Å²) in [6.45, 7) is 0. The number of aldehydes is 1. The maximum absolute atomic E-state index is 9.84. The molecule has 0 aromatic carbocycles. The molecule has 0 aliphatic rings. The Balaban J connectivity index is 3.00. The van der Waals surface area contributed by atoms with E-state index in [1.165, 1.54) is 6.20 Å². The SMILES string of the molecule is [2H]c1c[nH]c(C=O)n1. The summed E-state index contributed by atoms with van der Waals surface area (Å²) in [5.41, 5.74) is 0. The molecule has 0 aliphatic carbocycles. The van der Waals surface area contributed by atoms with E-state index < -0.39 is 0 Å². The molecule has 0 fully saturated rings. The van der Waals surface area contributed by atoms with Gasteiger partial charge in [0.15, 0.2) is 12.1 Å². The van der Waals surface area contributed by atoms with Crippen molar-refractivity contribution in [3.05, 3.63) is 18.2 Å². The topological polar surface area (TPSA) is 45.8 Å². The van der Waals surface area contributed by atoms with E-state index in [0.717, 1.165) is 0 Å². The highest BCUT2D eigenvalue weighted by Gasteiger charge is 1.82. The first-order chi connectivity index (χ1) is 3.83. The minimum atomic E-state index is 0.0899. The molecule has 3 heteroatoms. The molecule has 0 spiro atoms. The summed E-state index contributed by atoms with van der Waals surface area (Å²) in [4.78, 5) is 15.8. The minimum Gasteiger partial charge on any atom is -0.342 e. The Kier molecular flexibility index (Phi) is 0.656. The zero-order valence-electron chi connectivity index (χ0n) is 4.51. The van der Waals surface area contributed by atoms with Gasteiger partial charge in [0.25, 0.3) is 0 Å². The first kappa shape index (κ1) is 2.96. The van der Waals surface area contributed by atoms with Gasteiger partial charge in [-0.2, -0.15) is 0 Å². The van der Waals surface area contributed by atoms with Gasteiger partial charge in [-0.1, -0.05) is 0 Å². The van der Waals surface area contributed by atoms with Gasteiger partial charge < -0.3 is 4.98 Å². The van der Waals surface area contributed by atoms with E-state index in [0.29, 0.717) is 6.29 Å². The lowest BCUT2D eigenvalue weighted by Crippen LogP contribution is -1.78. The van der Waals surface area contributed by atoms with Gasteiger partial charge in [0, 0.05) is 12.4 Å². The number of aromatic amines is 1. The number of rotatable bonds is 1. The van der Waals surface area contributed by atoms with E-state index in [4.69, 9.17) is 1.37 Å². The summed E-state index contributed by atoms with van der Waals surface area (Å²) >= 11 is 0. The van der Waals surface area contributed by atoms with E-state index in [9.17, 15) is 4.79 Å². The second-order valence-corrected chi connectivity index (χ2v) is 1.03. The number of nitrogens with one attached hydrogen (secondary N) is 1. The van der Waals surface area contributed by atoms with Crippen LogP contribution in [0.25, 0.3) is 0 Å². The van der Waals surface area contributed by atoms with Crippen LogP contribution in [0, 0.1) is 0 Å². The second-order valence-electron chi connectivity index (χ2n) is 1.03. The van der Waals surface area contributed by atoms with Crippen LogP contribution in [0.15, 0.2) is 12.4 Å². The Labute approximate surface area is 41.8 Å². The molecule has 0 unspecified atom stereocenters. The molecule has 0 atom stereocenters. The van der Waals surface area contributed by atoms with Gasteiger partial charge >= 0.3 is 0 Å². The first-order valence-electron chi connectivity index (χ1n) is 2.30. The van der Waals surface area contributed by atoms with Crippen molar-refractivity contribution in [2.45, 2.75) is 0 Å². The summed E-state index contributed by atoms with van der Waals surface area (Å²) in [6, 6.07) is 0. The van der Waals surface area contributed by atoms with Crippen LogP contribution in [0.3, 0.4) is 0 Å². The number of carbonyl (C=O) groups is 1. The van der Waals surface area contributed by atoms with Crippen LogP contribution in [-0.2, 0) is 0 Å². The fourth-order valence-electron chi connectivity index (χ4n) is 0.301. The average Bonchev–Trinajstić information content (AvgIpc) is 2.14. The van der Waals surface area contributed by atoms with Crippen molar-refractivity contribution >= 4 is 6.29 Å². The molecular weight excluding hydrogens is 92.1 g/mol. The van der Waals surface area contributed by atoms with Gasteiger partial charge in [0.2, 0.25) is 0 Å². The molecule has 1 aromatic heterocycles. The predicted octanol–water partition coefficient (Wildman–Crippen LogP) is 0.222. The van der Waals surface area contributed by atoms with Gasteiger partial charge in [-0.15, -0.1) is 0 Å². The summed E-state index contributed by atoms with van der Waals surface area (Å²) < 4.78 is 6.82. The monoisotopic (exact) mass is 97.0 g/mol. The highest BCUT2D eigenvalue weighted by Crippen LogP contribution is 1.77. The van der Waals surface area contributed by atoms with E-state index in [2.05, 4.69) is 9.97 Å². The first-order valence-corrected chi connectivity index (χ1v) is 1.80. The zero-order chi connectivity index (χ0) is 5.98. The van der Waals surface area contributed by atoms with Gasteiger partial charge in [-0.25, -0.2) is 4.98 Å². The summed E-state index contributed by atoms with van der Waals surface area (Å²) in [7, 11) is 0. The highest BCUT2D eigenvalue weighted by molar-refractivity contribution is 5.68. The molecule has 3 nitrogen and oxygen atoms in total. The van der Waals surface area contributed by atoms with Crippen LogP contribution >= 0.6 is 0 Å². The third-order valence-electron chi connectivity index (χ3n) is 0.581. The fourth-order valence-corrected chi connectivity index (χ4v) is 0.301. The van der Waals surface area contributed by atoms with Crippen LogP contribution in [0.1, 0.15) is 12.0 Å². The van der Waals surface area contributed by atoms with E-state index in [-0.39, 0.29) is 12.0 Å². The number of hydrogen-bond donors (Lipinski definition) is 1. The summed E-state index contributed by atoms with van der Waals surface area (Å²) in [5, 5.41) is 0. The zero-order valence-corrected chi connectivity index (χ0v) is 3.51. The molecule has 0 saturated heterocycles. The number of nitrogens with zero attached hydrogens (tertiary/aromatic N) is 1. The summed E-state index contributed by atoms with van der Waals surface area (Å²) in [6.07, 6.45) is 2.01. The Morgan fingerprint density at radius 2 is 3.00 bits per heavy atom. The number of H-pyrrole nitrogens is 1. The van der Waals surface area contributed by atoms with Crippen molar-refractivity contribution in [1.29, 1.82) is 0 Å². The van der Waals surface area contributed by atoms with Crippen molar-refractivity contribution in [2.24, 2.45) is 0 Å². The maximum atomic E-state index is 9.84. The Hall–Kier alpha value is -1.12. The molecule has 1 heterocycles.